The van der Waals surface area contributed by atoms with Gasteiger partial charge in [0.25, 0.3) is 0 Å². The molecule has 25 nitrogen and oxygen atoms in total. The van der Waals surface area contributed by atoms with Crippen LogP contribution < -0.4 is 0 Å². The van der Waals surface area contributed by atoms with Crippen molar-refractivity contribution < 1.29 is 42.6 Å². The number of hydrogen-bond donors (Lipinski definition) is 2. The molecule has 150 heavy (non-hydrogen) atoms. The SMILES string of the molecule is COC(=O)c1ccc(-c2cn([C@H](c3ccccc3)c3ccccn3)c3cc(-c4c(C)noc4C)cnc23)cc1.Cc1ccc(-c2cn([C@H](c3ccccc3)c3ccccn3)c3cc(-c4c(C)noc4C)cnc23)cc1.Cc1noc(C)c1-c1cnc2c(-c3ccc(C(=O)O)cc3)cn([C@H](c3ccccc3)c3ccccn3)c2c1.Cc1noc(C)c1-c1cnc2c(-c3ccc(CO)cc3)cn([C@H](c3ccccc3)c3ccccn3)c2c1. The lowest BCUT2D eigenvalue weighted by Gasteiger charge is -2.20. The van der Waals surface area contributed by atoms with Crippen molar-refractivity contribution in [2.45, 2.75) is 93.1 Å². The maximum absolute atomic E-state index is 12.0. The molecule has 736 valence electrons. The van der Waals surface area contributed by atoms with Gasteiger partial charge < -0.3 is 51.3 Å². The number of aliphatic hydroxyl groups excluding tert-OH is 1. The van der Waals surface area contributed by atoms with E-state index in [0.717, 1.165) is 230 Å². The quantitative estimate of drug-likeness (QED) is 0.0562. The fourth-order valence-corrected chi connectivity index (χ4v) is 20.1. The second kappa shape index (κ2) is 42.6. The zero-order valence-electron chi connectivity index (χ0n) is 83.9. The van der Waals surface area contributed by atoms with Crippen LogP contribution in [0.2, 0.25) is 0 Å². The van der Waals surface area contributed by atoms with Crippen molar-refractivity contribution in [3.8, 4) is 89.0 Å². The number of aliphatic hydroxyl groups is 1. The Kier molecular flexibility index (Phi) is 27.6. The minimum absolute atomic E-state index is 0.0108. The largest absolute Gasteiger partial charge is 0.478 e. The van der Waals surface area contributed by atoms with Crippen LogP contribution in [0.3, 0.4) is 0 Å². The van der Waals surface area contributed by atoms with Gasteiger partial charge in [0.05, 0.1) is 115 Å². The van der Waals surface area contributed by atoms with Crippen molar-refractivity contribution in [2.75, 3.05) is 7.11 Å². The number of benzene rings is 8. The average molecular weight is 1970 g/mol. The van der Waals surface area contributed by atoms with Gasteiger partial charge in [-0.3, -0.25) is 39.9 Å². The zero-order valence-corrected chi connectivity index (χ0v) is 83.9. The lowest BCUT2D eigenvalue weighted by molar-refractivity contribution is 0.0599. The number of methoxy groups -OCH3 is 1. The van der Waals surface area contributed by atoms with Crippen LogP contribution in [0, 0.1) is 62.3 Å². The number of aromatic carboxylic acids is 1. The van der Waals surface area contributed by atoms with Crippen LogP contribution in [0.5, 0.6) is 0 Å². The molecule has 8 aromatic carbocycles. The minimum atomic E-state index is -0.958. The predicted octanol–water partition coefficient (Wildman–Crippen LogP) is 27.3. The molecule has 0 aliphatic heterocycles. The molecule has 16 aromatic heterocycles. The fourth-order valence-electron chi connectivity index (χ4n) is 20.1. The van der Waals surface area contributed by atoms with Crippen LogP contribution in [-0.2, 0) is 11.3 Å². The number of carboxylic acids is 1. The highest BCUT2D eigenvalue weighted by Crippen LogP contribution is 2.46. The fraction of sp³-hybridized carbons (Fsp3) is 0.120. The number of pyridine rings is 8. The van der Waals surface area contributed by atoms with Crippen LogP contribution in [0.25, 0.3) is 133 Å². The molecule has 0 spiro atoms. The van der Waals surface area contributed by atoms with E-state index >= 15 is 0 Å². The van der Waals surface area contributed by atoms with Crippen molar-refractivity contribution in [3.63, 3.8) is 0 Å². The Balaban J connectivity index is 0.000000117. The Morgan fingerprint density at radius 2 is 0.540 bits per heavy atom. The van der Waals surface area contributed by atoms with Gasteiger partial charge in [0.15, 0.2) is 0 Å². The molecule has 0 radical (unpaired) electrons. The van der Waals surface area contributed by atoms with E-state index in [1.54, 1.807) is 30.5 Å². The Morgan fingerprint density at radius 1 is 0.293 bits per heavy atom. The molecular formula is C125H102N16O9. The Bertz CT molecular complexity index is 8690. The third kappa shape index (κ3) is 19.5. The minimum Gasteiger partial charge on any atom is -0.478 e. The summed E-state index contributed by atoms with van der Waals surface area (Å²) >= 11 is 0. The number of rotatable bonds is 23. The van der Waals surface area contributed by atoms with Gasteiger partial charge in [-0.05, 0) is 209 Å². The van der Waals surface area contributed by atoms with E-state index in [0.29, 0.717) is 5.56 Å². The second-order valence-electron chi connectivity index (χ2n) is 36.9. The highest BCUT2D eigenvalue weighted by atomic mass is 16.5. The van der Waals surface area contributed by atoms with Crippen LogP contribution in [0.15, 0.2) is 408 Å². The van der Waals surface area contributed by atoms with Crippen LogP contribution in [-0.4, -0.2) is 108 Å². The first kappa shape index (κ1) is 97.0. The average Bonchev–Trinajstić information content (AvgIpc) is 1.61. The van der Waals surface area contributed by atoms with Crippen molar-refractivity contribution in [1.29, 1.82) is 0 Å². The molecule has 16 heterocycles. The number of hydrogen-bond acceptors (Lipinski definition) is 20. The normalized spacial score (nSPS) is 12.1. The summed E-state index contributed by atoms with van der Waals surface area (Å²) in [5.41, 5.74) is 37.2. The van der Waals surface area contributed by atoms with Crippen LogP contribution in [0.4, 0.5) is 0 Å². The van der Waals surface area contributed by atoms with Crippen molar-refractivity contribution in [3.05, 3.63) is 503 Å². The number of ether oxygens (including phenoxy) is 1. The van der Waals surface area contributed by atoms with Gasteiger partial charge >= 0.3 is 11.9 Å². The summed E-state index contributed by atoms with van der Waals surface area (Å²) in [4.78, 5) is 62.3. The first-order valence-electron chi connectivity index (χ1n) is 49.2. The Morgan fingerprint density at radius 3 is 0.767 bits per heavy atom. The number of aryl methyl sites for hydroxylation is 9. The monoisotopic (exact) mass is 1970 g/mol. The van der Waals surface area contributed by atoms with Gasteiger partial charge in [0.1, 0.15) is 47.2 Å². The maximum atomic E-state index is 12.0. The highest BCUT2D eigenvalue weighted by molar-refractivity contribution is 6.01. The zero-order chi connectivity index (χ0) is 103. The number of nitrogens with zero attached hydrogens (tertiary/aromatic N) is 16. The van der Waals surface area contributed by atoms with Crippen molar-refractivity contribution in [2.24, 2.45) is 0 Å². The smallest absolute Gasteiger partial charge is 0.337 e. The van der Waals surface area contributed by atoms with Gasteiger partial charge in [-0.2, -0.15) is 0 Å². The topological polar surface area (TPSA) is 311 Å². The van der Waals surface area contributed by atoms with Crippen molar-refractivity contribution in [1.82, 2.24) is 78.8 Å². The Labute approximate surface area is 864 Å². The molecule has 0 aliphatic rings. The summed E-state index contributed by atoms with van der Waals surface area (Å²) in [6, 6.07) is 104. The van der Waals surface area contributed by atoms with Gasteiger partial charge in [-0.1, -0.05) is 245 Å². The van der Waals surface area contributed by atoms with Crippen LogP contribution >= 0.6 is 0 Å². The molecule has 0 aliphatic carbocycles. The maximum Gasteiger partial charge on any atom is 0.337 e. The van der Waals surface area contributed by atoms with E-state index in [-0.39, 0.29) is 42.3 Å². The van der Waals surface area contributed by atoms with E-state index in [1.165, 1.54) is 12.7 Å². The summed E-state index contributed by atoms with van der Waals surface area (Å²) in [7, 11) is 1.38. The number of fused-ring (bicyclic) bond motifs is 4. The van der Waals surface area contributed by atoms with Gasteiger partial charge in [-0.25, -0.2) is 9.59 Å². The number of carbonyl (C=O) groups is 2. The number of esters is 1. The lowest BCUT2D eigenvalue weighted by atomic mass is 10.0. The van der Waals surface area contributed by atoms with Gasteiger partial charge in [0, 0.05) is 141 Å². The molecular weight excluding hydrogens is 1870 g/mol. The molecule has 24 aromatic rings. The molecule has 0 fully saturated rings. The third-order valence-corrected chi connectivity index (χ3v) is 27.3. The molecule has 0 saturated heterocycles. The lowest BCUT2D eigenvalue weighted by Crippen LogP contribution is -2.13. The van der Waals surface area contributed by atoms with Crippen LogP contribution in [0.1, 0.15) is 147 Å². The third-order valence-electron chi connectivity index (χ3n) is 27.3. The molecule has 24 rings (SSSR count). The second-order valence-corrected chi connectivity index (χ2v) is 36.9. The molecule has 0 unspecified atom stereocenters. The molecule has 2 N–H and O–H groups in total. The predicted molar refractivity (Wildman–Crippen MR) is 581 cm³/mol. The first-order chi connectivity index (χ1) is 73.3. The van der Waals surface area contributed by atoms with Crippen molar-refractivity contribution >= 4 is 56.1 Å². The summed E-state index contributed by atoms with van der Waals surface area (Å²) in [5, 5.41) is 35.5. The molecule has 4 atom stereocenters. The first-order valence-corrected chi connectivity index (χ1v) is 49.2. The number of aromatic nitrogens is 16. The van der Waals surface area contributed by atoms with E-state index in [4.69, 9.17) is 62.7 Å². The standard InChI is InChI=1S/C32H26N4O3.C31H24N4O3.C31H26N4O2.C31H26N4O/c1-20-29(21(2)39-35-20)25-17-28-30(34-18-25)26(22-12-14-24(15-13-22)32(37)38-3)19-36(28)31(23-9-5-4-6-10-23)27-11-7-8-16-33-27;1-19-28(20(2)38-34-19)24-16-27-29(33-17-24)25(21-11-13-23(14-12-21)31(36)37)18-35(27)30(22-8-4-3-5-9-22)26-10-6-7-15-32-26;1-20-29(21(2)37-34-20)25-16-28-30(33-17-25)26(23-13-11-22(19-36)12-14-23)18-35(28)31(24-8-4-3-5-9-24)27-10-6-7-15-32-27;1-20-12-14-23(15-13-20)26-19-35(31(24-9-5-4-6-10-24)27-11-7-8-16-32-27)28-17-25(18-33-30(26)28)29-21(2)34-36-22(29)3/h4-19,31H,1-3H3;3-18,30H,1-2H3,(H,36,37);3-18,31,36H,19H2,1-2H3;4-19,31H,1-3H3/t31-;30-;2*31-/m1111/s1. The van der Waals surface area contributed by atoms with E-state index in [1.807, 2.05) is 256 Å². The number of carboxylic acid groups (broad SMARTS) is 1. The van der Waals surface area contributed by atoms with Gasteiger partial charge in [-0.15, -0.1) is 0 Å². The molecule has 0 saturated carbocycles. The number of carbonyl (C=O) groups excluding carboxylic acids is 1. The molecule has 0 bridgehead atoms. The molecule has 0 amide bonds. The Hall–Kier alpha value is -19.1. The summed E-state index contributed by atoms with van der Waals surface area (Å²) in [6.45, 7) is 17.6. The van der Waals surface area contributed by atoms with E-state index in [9.17, 15) is 19.8 Å². The highest BCUT2D eigenvalue weighted by Gasteiger charge is 2.32. The van der Waals surface area contributed by atoms with E-state index in [2.05, 4.69) is 204 Å². The summed E-state index contributed by atoms with van der Waals surface area (Å²) in [5.74, 6) is 1.70. The molecule has 25 heteroatoms. The summed E-state index contributed by atoms with van der Waals surface area (Å²) in [6.07, 6.45) is 23.4. The van der Waals surface area contributed by atoms with Gasteiger partial charge in [0.2, 0.25) is 0 Å². The van der Waals surface area contributed by atoms with E-state index < -0.39 is 5.97 Å². The summed E-state index contributed by atoms with van der Waals surface area (Å²) < 4.78 is 35.7.